The SMILES string of the molecule is CC(C)(C)N1C(CN)C(=O)NCC1(C)C. The van der Waals surface area contributed by atoms with Crippen LogP contribution >= 0.6 is 0 Å². The monoisotopic (exact) mass is 213 g/mol. The number of nitrogens with two attached hydrogens (primary N) is 1. The first-order valence-electron chi connectivity index (χ1n) is 5.47. The van der Waals surface area contributed by atoms with Crippen LogP contribution in [0.5, 0.6) is 0 Å². The van der Waals surface area contributed by atoms with Gasteiger partial charge in [0.25, 0.3) is 0 Å². The van der Waals surface area contributed by atoms with Crippen LogP contribution in [0.2, 0.25) is 0 Å². The number of hydrogen-bond donors (Lipinski definition) is 2. The summed E-state index contributed by atoms with van der Waals surface area (Å²) in [4.78, 5) is 14.0. The lowest BCUT2D eigenvalue weighted by atomic mass is 9.88. The number of rotatable bonds is 1. The zero-order valence-electron chi connectivity index (χ0n) is 10.4. The molecule has 0 radical (unpaired) electrons. The summed E-state index contributed by atoms with van der Waals surface area (Å²) < 4.78 is 0. The van der Waals surface area contributed by atoms with Gasteiger partial charge in [-0.2, -0.15) is 0 Å². The van der Waals surface area contributed by atoms with Crippen molar-refractivity contribution in [2.75, 3.05) is 13.1 Å². The van der Waals surface area contributed by atoms with Crippen molar-refractivity contribution in [3.8, 4) is 0 Å². The van der Waals surface area contributed by atoms with Gasteiger partial charge in [-0.05, 0) is 34.6 Å². The van der Waals surface area contributed by atoms with Gasteiger partial charge in [0.15, 0.2) is 0 Å². The Balaban J connectivity index is 3.05. The first-order valence-corrected chi connectivity index (χ1v) is 5.47. The van der Waals surface area contributed by atoms with E-state index in [-0.39, 0.29) is 23.0 Å². The number of carbonyl (C=O) groups is 1. The fourth-order valence-electron chi connectivity index (χ4n) is 2.63. The molecular weight excluding hydrogens is 190 g/mol. The summed E-state index contributed by atoms with van der Waals surface area (Å²) in [5.41, 5.74) is 5.60. The van der Waals surface area contributed by atoms with Crippen molar-refractivity contribution in [2.24, 2.45) is 5.73 Å². The molecule has 88 valence electrons. The van der Waals surface area contributed by atoms with E-state index in [9.17, 15) is 4.79 Å². The van der Waals surface area contributed by atoms with Crippen LogP contribution in [-0.4, -0.2) is 41.0 Å². The molecular formula is C11H23N3O. The number of piperazine rings is 1. The third-order valence-electron chi connectivity index (χ3n) is 2.91. The number of nitrogens with one attached hydrogen (secondary N) is 1. The van der Waals surface area contributed by atoms with Gasteiger partial charge in [-0.1, -0.05) is 0 Å². The van der Waals surface area contributed by atoms with Crippen LogP contribution in [0.1, 0.15) is 34.6 Å². The molecule has 0 aromatic carbocycles. The molecule has 0 aromatic rings. The molecule has 1 atom stereocenters. The van der Waals surface area contributed by atoms with Crippen LogP contribution in [0.15, 0.2) is 0 Å². The van der Waals surface area contributed by atoms with E-state index in [2.05, 4.69) is 44.8 Å². The highest BCUT2D eigenvalue weighted by molar-refractivity contribution is 5.83. The van der Waals surface area contributed by atoms with Gasteiger partial charge in [-0.25, -0.2) is 0 Å². The first kappa shape index (κ1) is 12.5. The predicted molar refractivity (Wildman–Crippen MR) is 61.5 cm³/mol. The maximum atomic E-state index is 11.7. The number of amides is 1. The van der Waals surface area contributed by atoms with Crippen molar-refractivity contribution in [3.63, 3.8) is 0 Å². The molecule has 0 aromatic heterocycles. The molecule has 3 N–H and O–H groups in total. The summed E-state index contributed by atoms with van der Waals surface area (Å²) >= 11 is 0. The summed E-state index contributed by atoms with van der Waals surface area (Å²) in [6.07, 6.45) is 0. The molecule has 1 fully saturated rings. The van der Waals surface area contributed by atoms with E-state index in [1.54, 1.807) is 0 Å². The second kappa shape index (κ2) is 3.76. The second-order valence-electron chi connectivity index (χ2n) is 5.82. The lowest BCUT2D eigenvalue weighted by molar-refractivity contribution is -0.139. The fraction of sp³-hybridized carbons (Fsp3) is 0.909. The summed E-state index contributed by atoms with van der Waals surface area (Å²) in [6, 6.07) is -0.214. The smallest absolute Gasteiger partial charge is 0.238 e. The standard InChI is InChI=1S/C11H23N3O/c1-10(2,3)14-8(6-12)9(15)13-7-11(14,4)5/h8H,6-7,12H2,1-5H3,(H,13,15). The maximum Gasteiger partial charge on any atom is 0.238 e. The molecule has 15 heavy (non-hydrogen) atoms. The number of nitrogens with zero attached hydrogens (tertiary/aromatic N) is 1. The molecule has 1 amide bonds. The Morgan fingerprint density at radius 2 is 2.07 bits per heavy atom. The Bertz CT molecular complexity index is 255. The molecule has 0 spiro atoms. The van der Waals surface area contributed by atoms with Crippen molar-refractivity contribution in [3.05, 3.63) is 0 Å². The molecule has 0 bridgehead atoms. The van der Waals surface area contributed by atoms with Crippen LogP contribution in [0.3, 0.4) is 0 Å². The summed E-state index contributed by atoms with van der Waals surface area (Å²) in [7, 11) is 0. The van der Waals surface area contributed by atoms with Crippen molar-refractivity contribution >= 4 is 5.91 Å². The van der Waals surface area contributed by atoms with Crippen molar-refractivity contribution in [1.82, 2.24) is 10.2 Å². The van der Waals surface area contributed by atoms with Gasteiger partial charge in [0.1, 0.15) is 6.04 Å². The minimum atomic E-state index is -0.214. The van der Waals surface area contributed by atoms with E-state index >= 15 is 0 Å². The number of hydrogen-bond acceptors (Lipinski definition) is 3. The Morgan fingerprint density at radius 1 is 1.53 bits per heavy atom. The van der Waals surface area contributed by atoms with E-state index in [1.807, 2.05) is 0 Å². The first-order chi connectivity index (χ1) is 6.70. The van der Waals surface area contributed by atoms with Gasteiger partial charge in [0, 0.05) is 24.2 Å². The van der Waals surface area contributed by atoms with E-state index in [4.69, 9.17) is 5.73 Å². The molecule has 4 heteroatoms. The van der Waals surface area contributed by atoms with Gasteiger partial charge < -0.3 is 11.1 Å². The van der Waals surface area contributed by atoms with Gasteiger partial charge in [0.05, 0.1) is 0 Å². The quantitative estimate of drug-likeness (QED) is 0.659. The van der Waals surface area contributed by atoms with E-state index < -0.39 is 0 Å². The third kappa shape index (κ3) is 2.32. The van der Waals surface area contributed by atoms with Crippen LogP contribution < -0.4 is 11.1 Å². The zero-order valence-corrected chi connectivity index (χ0v) is 10.4. The highest BCUT2D eigenvalue weighted by Crippen LogP contribution is 2.29. The molecule has 1 unspecified atom stereocenters. The van der Waals surface area contributed by atoms with Crippen LogP contribution in [0.25, 0.3) is 0 Å². The average Bonchev–Trinajstić information content (AvgIpc) is 2.06. The Morgan fingerprint density at radius 3 is 2.40 bits per heavy atom. The van der Waals surface area contributed by atoms with Crippen LogP contribution in [0, 0.1) is 0 Å². The molecule has 1 aliphatic rings. The largest absolute Gasteiger partial charge is 0.353 e. The molecule has 1 saturated heterocycles. The minimum absolute atomic E-state index is 0.0454. The molecule has 0 aliphatic carbocycles. The van der Waals surface area contributed by atoms with E-state index in [0.29, 0.717) is 13.1 Å². The topological polar surface area (TPSA) is 58.4 Å². The van der Waals surface area contributed by atoms with Crippen molar-refractivity contribution in [2.45, 2.75) is 51.7 Å². The van der Waals surface area contributed by atoms with E-state index in [1.165, 1.54) is 0 Å². The van der Waals surface area contributed by atoms with E-state index in [0.717, 1.165) is 0 Å². The maximum absolute atomic E-state index is 11.7. The average molecular weight is 213 g/mol. The Kier molecular flexibility index (Phi) is 3.12. The lowest BCUT2D eigenvalue weighted by Gasteiger charge is -2.53. The lowest BCUT2D eigenvalue weighted by Crippen LogP contribution is -2.71. The fourth-order valence-corrected chi connectivity index (χ4v) is 2.63. The summed E-state index contributed by atoms with van der Waals surface area (Å²) in [5.74, 6) is 0.0479. The Labute approximate surface area is 92.2 Å². The Hall–Kier alpha value is -0.610. The molecule has 1 aliphatic heterocycles. The number of carbonyl (C=O) groups excluding carboxylic acids is 1. The third-order valence-corrected chi connectivity index (χ3v) is 2.91. The minimum Gasteiger partial charge on any atom is -0.353 e. The molecule has 0 saturated carbocycles. The summed E-state index contributed by atoms with van der Waals surface area (Å²) in [6.45, 7) is 11.7. The van der Waals surface area contributed by atoms with Gasteiger partial charge in [-0.3, -0.25) is 9.69 Å². The van der Waals surface area contributed by atoms with Crippen molar-refractivity contribution < 1.29 is 4.79 Å². The van der Waals surface area contributed by atoms with Gasteiger partial charge in [-0.15, -0.1) is 0 Å². The van der Waals surface area contributed by atoms with Gasteiger partial charge in [0.2, 0.25) is 5.91 Å². The molecule has 4 nitrogen and oxygen atoms in total. The van der Waals surface area contributed by atoms with Crippen LogP contribution in [0.4, 0.5) is 0 Å². The highest BCUT2D eigenvalue weighted by Gasteiger charge is 2.45. The zero-order chi connectivity index (χ0) is 11.9. The van der Waals surface area contributed by atoms with Crippen LogP contribution in [-0.2, 0) is 4.79 Å². The molecule has 1 heterocycles. The molecule has 1 rings (SSSR count). The van der Waals surface area contributed by atoms with Gasteiger partial charge >= 0.3 is 0 Å². The second-order valence-corrected chi connectivity index (χ2v) is 5.82. The normalized spacial score (nSPS) is 27.6. The summed E-state index contributed by atoms with van der Waals surface area (Å²) in [5, 5.41) is 2.91. The highest BCUT2D eigenvalue weighted by atomic mass is 16.2. The van der Waals surface area contributed by atoms with Crippen molar-refractivity contribution in [1.29, 1.82) is 0 Å². The predicted octanol–water partition coefficient (Wildman–Crippen LogP) is 0.323.